The average Bonchev–Trinajstić information content (AvgIpc) is 3.41. The van der Waals surface area contributed by atoms with Gasteiger partial charge in [-0.2, -0.15) is 0 Å². The van der Waals surface area contributed by atoms with Crippen molar-refractivity contribution < 1.29 is 23.9 Å². The van der Waals surface area contributed by atoms with Gasteiger partial charge in [0.2, 0.25) is 11.8 Å². The Morgan fingerprint density at radius 3 is 2.70 bits per heavy atom. The summed E-state index contributed by atoms with van der Waals surface area (Å²) in [5.74, 6) is 0.231. The van der Waals surface area contributed by atoms with Gasteiger partial charge in [0, 0.05) is 23.9 Å². The molecule has 2 amide bonds. The van der Waals surface area contributed by atoms with Crippen LogP contribution in [0.5, 0.6) is 11.5 Å². The highest BCUT2D eigenvalue weighted by atomic mass is 32.1. The number of thiophene rings is 1. The molecule has 1 aromatic carbocycles. The summed E-state index contributed by atoms with van der Waals surface area (Å²) < 4.78 is 10.6. The number of aryl methyl sites for hydroxylation is 1. The molecule has 7 nitrogen and oxygen atoms in total. The number of nitrogens with one attached hydrogen (secondary N) is 1. The third kappa shape index (κ3) is 3.56. The van der Waals surface area contributed by atoms with E-state index in [0.29, 0.717) is 27.8 Å². The van der Waals surface area contributed by atoms with Gasteiger partial charge in [-0.1, -0.05) is 0 Å². The molecular formula is C22H24N2O5S. The van der Waals surface area contributed by atoms with Gasteiger partial charge in [-0.15, -0.1) is 11.3 Å². The molecule has 1 aromatic heterocycles. The fraction of sp³-hybridized carbons (Fsp3) is 0.409. The molecule has 2 heterocycles. The Kier molecular flexibility index (Phi) is 5.51. The fourth-order valence-corrected chi connectivity index (χ4v) is 5.54. The number of ether oxygens (including phenoxy) is 2. The Morgan fingerprint density at radius 2 is 2.00 bits per heavy atom. The van der Waals surface area contributed by atoms with E-state index < -0.39 is 5.92 Å². The fourth-order valence-electron chi connectivity index (χ4n) is 4.20. The van der Waals surface area contributed by atoms with E-state index in [2.05, 4.69) is 5.32 Å². The van der Waals surface area contributed by atoms with Gasteiger partial charge in [-0.05, 0) is 43.9 Å². The van der Waals surface area contributed by atoms with Crippen molar-refractivity contribution in [1.29, 1.82) is 0 Å². The highest BCUT2D eigenvalue weighted by molar-refractivity contribution is 7.17. The Labute approximate surface area is 179 Å². The lowest BCUT2D eigenvalue weighted by molar-refractivity contribution is -0.122. The zero-order chi connectivity index (χ0) is 21.4. The van der Waals surface area contributed by atoms with Crippen molar-refractivity contribution in [3.63, 3.8) is 0 Å². The molecule has 1 atom stereocenters. The normalized spacial score (nSPS) is 17.8. The standard InChI is InChI=1S/C22H24N2O5S/c1-12(25)20-15-5-4-6-18(15)30-22(20)23-21(27)13-9-19(26)24(11-13)16-8-7-14(28-2)10-17(16)29-3/h7-8,10,13H,4-6,9,11H2,1-3H3,(H,23,27)/t13-/m1/s1. The lowest BCUT2D eigenvalue weighted by Crippen LogP contribution is -2.28. The quantitative estimate of drug-likeness (QED) is 0.713. The summed E-state index contributed by atoms with van der Waals surface area (Å²) in [5, 5.41) is 3.55. The van der Waals surface area contributed by atoms with Gasteiger partial charge < -0.3 is 19.7 Å². The second-order valence-corrected chi connectivity index (χ2v) is 8.66. The number of nitrogens with zero attached hydrogens (tertiary/aromatic N) is 1. The number of anilines is 2. The molecule has 0 radical (unpaired) electrons. The second-order valence-electron chi connectivity index (χ2n) is 7.55. The van der Waals surface area contributed by atoms with Gasteiger partial charge in [0.25, 0.3) is 0 Å². The van der Waals surface area contributed by atoms with Crippen molar-refractivity contribution in [3.8, 4) is 11.5 Å². The first kappa shape index (κ1) is 20.4. The van der Waals surface area contributed by atoms with Crippen LogP contribution in [0.1, 0.15) is 40.6 Å². The molecule has 1 N–H and O–H groups in total. The SMILES string of the molecule is COc1ccc(N2C[C@H](C(=O)Nc3sc4c(c3C(C)=O)CCC4)CC2=O)c(OC)c1. The Morgan fingerprint density at radius 1 is 1.20 bits per heavy atom. The Hall–Kier alpha value is -2.87. The number of benzene rings is 1. The zero-order valence-electron chi connectivity index (χ0n) is 17.2. The van der Waals surface area contributed by atoms with Crippen LogP contribution in [0.15, 0.2) is 18.2 Å². The van der Waals surface area contributed by atoms with Crippen LogP contribution in [0.3, 0.4) is 0 Å². The average molecular weight is 429 g/mol. The minimum absolute atomic E-state index is 0.0307. The summed E-state index contributed by atoms with van der Waals surface area (Å²) in [6, 6.07) is 5.22. The van der Waals surface area contributed by atoms with Gasteiger partial charge in [-0.25, -0.2) is 0 Å². The van der Waals surface area contributed by atoms with E-state index in [1.807, 2.05) is 0 Å². The molecule has 1 fully saturated rings. The molecule has 30 heavy (non-hydrogen) atoms. The first-order chi connectivity index (χ1) is 14.4. The van der Waals surface area contributed by atoms with Crippen LogP contribution in [0.25, 0.3) is 0 Å². The molecule has 2 aliphatic rings. The summed E-state index contributed by atoms with van der Waals surface area (Å²) in [6.07, 6.45) is 2.99. The van der Waals surface area contributed by atoms with Crippen LogP contribution in [0, 0.1) is 5.92 Å². The first-order valence-electron chi connectivity index (χ1n) is 9.91. The van der Waals surface area contributed by atoms with Gasteiger partial charge in [-0.3, -0.25) is 14.4 Å². The molecular weight excluding hydrogens is 404 g/mol. The predicted molar refractivity (Wildman–Crippen MR) is 115 cm³/mol. The monoisotopic (exact) mass is 428 g/mol. The molecule has 0 spiro atoms. The largest absolute Gasteiger partial charge is 0.497 e. The van der Waals surface area contributed by atoms with Crippen molar-refractivity contribution in [2.24, 2.45) is 5.92 Å². The molecule has 0 saturated carbocycles. The highest BCUT2D eigenvalue weighted by Gasteiger charge is 2.37. The molecule has 2 aromatic rings. The van der Waals surface area contributed by atoms with Crippen LogP contribution in [-0.2, 0) is 22.4 Å². The number of ketones is 1. The number of hydrogen-bond donors (Lipinski definition) is 1. The van der Waals surface area contributed by atoms with Gasteiger partial charge in [0.15, 0.2) is 5.78 Å². The van der Waals surface area contributed by atoms with E-state index in [1.165, 1.54) is 30.2 Å². The zero-order valence-corrected chi connectivity index (χ0v) is 18.1. The summed E-state index contributed by atoms with van der Waals surface area (Å²) >= 11 is 1.49. The number of amides is 2. The number of carbonyl (C=O) groups is 3. The van der Waals surface area contributed by atoms with Crippen molar-refractivity contribution in [3.05, 3.63) is 34.2 Å². The number of hydrogen-bond acceptors (Lipinski definition) is 6. The van der Waals surface area contributed by atoms with E-state index in [-0.39, 0.29) is 30.6 Å². The molecule has 0 unspecified atom stereocenters. The van der Waals surface area contributed by atoms with Gasteiger partial charge >= 0.3 is 0 Å². The molecule has 0 bridgehead atoms. The van der Waals surface area contributed by atoms with E-state index in [4.69, 9.17) is 9.47 Å². The second kappa shape index (κ2) is 8.10. The maximum Gasteiger partial charge on any atom is 0.230 e. The van der Waals surface area contributed by atoms with E-state index in [9.17, 15) is 14.4 Å². The smallest absolute Gasteiger partial charge is 0.230 e. The third-order valence-corrected chi connectivity index (χ3v) is 6.89. The van der Waals surface area contributed by atoms with Crippen molar-refractivity contribution in [2.75, 3.05) is 31.0 Å². The van der Waals surface area contributed by atoms with Crippen molar-refractivity contribution in [1.82, 2.24) is 0 Å². The lowest BCUT2D eigenvalue weighted by Gasteiger charge is -2.20. The number of Topliss-reactive ketones (excluding diaryl/α,β-unsaturated/α-hetero) is 1. The van der Waals surface area contributed by atoms with Crippen LogP contribution in [0.2, 0.25) is 0 Å². The number of methoxy groups -OCH3 is 2. The van der Waals surface area contributed by atoms with E-state index >= 15 is 0 Å². The molecule has 158 valence electrons. The summed E-state index contributed by atoms with van der Waals surface area (Å²) in [7, 11) is 3.09. The molecule has 1 saturated heterocycles. The lowest BCUT2D eigenvalue weighted by atomic mass is 10.1. The minimum atomic E-state index is -0.499. The summed E-state index contributed by atoms with van der Waals surface area (Å²) in [5.41, 5.74) is 2.33. The molecule has 1 aliphatic carbocycles. The minimum Gasteiger partial charge on any atom is -0.497 e. The maximum absolute atomic E-state index is 12.9. The first-order valence-corrected chi connectivity index (χ1v) is 10.7. The van der Waals surface area contributed by atoms with Crippen molar-refractivity contribution in [2.45, 2.75) is 32.6 Å². The van der Waals surface area contributed by atoms with Gasteiger partial charge in [0.05, 0.1) is 31.4 Å². The molecule has 8 heteroatoms. The third-order valence-electron chi connectivity index (χ3n) is 5.68. The van der Waals surface area contributed by atoms with Crippen LogP contribution in [0.4, 0.5) is 10.7 Å². The number of carbonyl (C=O) groups excluding carboxylic acids is 3. The van der Waals surface area contributed by atoms with Crippen LogP contribution in [-0.4, -0.2) is 38.4 Å². The number of fused-ring (bicyclic) bond motifs is 1. The van der Waals surface area contributed by atoms with Crippen LogP contribution >= 0.6 is 11.3 Å². The van der Waals surface area contributed by atoms with E-state index in [1.54, 1.807) is 30.2 Å². The maximum atomic E-state index is 12.9. The van der Waals surface area contributed by atoms with Crippen LogP contribution < -0.4 is 19.7 Å². The summed E-state index contributed by atoms with van der Waals surface area (Å²) in [6.45, 7) is 1.79. The predicted octanol–water partition coefficient (Wildman–Crippen LogP) is 3.45. The summed E-state index contributed by atoms with van der Waals surface area (Å²) in [4.78, 5) is 40.5. The van der Waals surface area contributed by atoms with Gasteiger partial charge in [0.1, 0.15) is 16.5 Å². The molecule has 4 rings (SSSR count). The number of rotatable bonds is 6. The molecule has 1 aliphatic heterocycles. The Bertz CT molecular complexity index is 1030. The van der Waals surface area contributed by atoms with Crippen molar-refractivity contribution >= 4 is 39.6 Å². The van der Waals surface area contributed by atoms with E-state index in [0.717, 1.165) is 24.8 Å². The highest BCUT2D eigenvalue weighted by Crippen LogP contribution is 2.40. The topological polar surface area (TPSA) is 84.9 Å². The Balaban J connectivity index is 1.53.